The Balaban J connectivity index is 1.92. The molecule has 10 heteroatoms. The molecule has 3 aromatic carbocycles. The minimum atomic E-state index is -0.953. The zero-order valence-electron chi connectivity index (χ0n) is 20.9. The van der Waals surface area contributed by atoms with E-state index in [0.717, 1.165) is 4.90 Å². The molecule has 2 N–H and O–H groups in total. The van der Waals surface area contributed by atoms with Crippen LogP contribution in [0.5, 0.6) is 11.5 Å². The van der Waals surface area contributed by atoms with Crippen molar-refractivity contribution in [2.75, 3.05) is 37.1 Å². The largest absolute Gasteiger partial charge is 0.491 e. The molecular formula is C28H31NO7S2. The molecule has 3 aromatic rings. The molecule has 0 unspecified atom stereocenters. The standard InChI is InChI=1S/C28H31NO7S2/c1-38-22-13-11-20(12-14-22)29-28(32)36-27(23-9-5-6-10-24(23)33-18-16-30)25(15-17-34-26(31)19-37)35-21-7-3-2-4-8-21/h2-14,25,27,30,37H,15-19H2,1H3,(H,29,32)/t25-,27-/m1/s1. The van der Waals surface area contributed by atoms with Crippen molar-refractivity contribution < 1.29 is 33.6 Å². The molecule has 0 saturated heterocycles. The molecule has 3 rings (SSSR count). The molecule has 8 nitrogen and oxygen atoms in total. The Kier molecular flexibility index (Phi) is 12.2. The number of ether oxygens (including phenoxy) is 4. The summed E-state index contributed by atoms with van der Waals surface area (Å²) in [4.78, 5) is 25.9. The molecule has 0 spiro atoms. The van der Waals surface area contributed by atoms with Gasteiger partial charge in [0.15, 0.2) is 6.10 Å². The summed E-state index contributed by atoms with van der Waals surface area (Å²) < 4.78 is 23.2. The number of para-hydroxylation sites is 2. The monoisotopic (exact) mass is 557 g/mol. The van der Waals surface area contributed by atoms with Crippen LogP contribution in [0.1, 0.15) is 18.1 Å². The van der Waals surface area contributed by atoms with Crippen LogP contribution in [0.15, 0.2) is 83.8 Å². The second-order valence-corrected chi connectivity index (χ2v) is 9.12. The number of aliphatic hydroxyl groups excluding tert-OH is 1. The molecular weight excluding hydrogens is 526 g/mol. The summed E-state index contributed by atoms with van der Waals surface area (Å²) in [5, 5.41) is 12.1. The van der Waals surface area contributed by atoms with Gasteiger partial charge >= 0.3 is 12.1 Å². The van der Waals surface area contributed by atoms with E-state index >= 15 is 0 Å². The van der Waals surface area contributed by atoms with Crippen molar-refractivity contribution in [1.82, 2.24) is 0 Å². The van der Waals surface area contributed by atoms with E-state index in [4.69, 9.17) is 18.9 Å². The van der Waals surface area contributed by atoms with E-state index in [1.165, 1.54) is 0 Å². The Morgan fingerprint density at radius 3 is 2.37 bits per heavy atom. The van der Waals surface area contributed by atoms with E-state index in [2.05, 4.69) is 17.9 Å². The molecule has 1 amide bonds. The highest BCUT2D eigenvalue weighted by atomic mass is 32.2. The number of esters is 1. The van der Waals surface area contributed by atoms with E-state index in [0.29, 0.717) is 22.7 Å². The molecule has 0 aromatic heterocycles. The molecule has 0 heterocycles. The third kappa shape index (κ3) is 9.20. The van der Waals surface area contributed by atoms with E-state index < -0.39 is 24.3 Å². The number of nitrogens with one attached hydrogen (secondary N) is 1. The lowest BCUT2D eigenvalue weighted by atomic mass is 10.0. The van der Waals surface area contributed by atoms with E-state index in [1.54, 1.807) is 60.3 Å². The third-order valence-corrected chi connectivity index (χ3v) is 6.31. The Hall–Kier alpha value is -3.34. The number of hydrogen-bond donors (Lipinski definition) is 3. The van der Waals surface area contributed by atoms with Gasteiger partial charge in [-0.2, -0.15) is 12.6 Å². The Bertz CT molecular complexity index is 1150. The number of carbonyl (C=O) groups excluding carboxylic acids is 2. The van der Waals surface area contributed by atoms with Crippen molar-refractivity contribution >= 4 is 42.1 Å². The van der Waals surface area contributed by atoms with Crippen LogP contribution in [0.25, 0.3) is 0 Å². The molecule has 0 fully saturated rings. The lowest BCUT2D eigenvalue weighted by molar-refractivity contribution is -0.141. The maximum atomic E-state index is 13.1. The number of hydrogen-bond acceptors (Lipinski definition) is 9. The summed E-state index contributed by atoms with van der Waals surface area (Å²) in [5.41, 5.74) is 1.11. The average Bonchev–Trinajstić information content (AvgIpc) is 2.95. The molecule has 0 bridgehead atoms. The van der Waals surface area contributed by atoms with Crippen LogP contribution in [-0.4, -0.2) is 55.1 Å². The molecule has 2 atom stereocenters. The Labute approximate surface area is 232 Å². The number of aliphatic hydroxyl groups is 1. The van der Waals surface area contributed by atoms with Gasteiger partial charge in [0.05, 0.1) is 19.0 Å². The van der Waals surface area contributed by atoms with Gasteiger partial charge < -0.3 is 24.1 Å². The van der Waals surface area contributed by atoms with Gasteiger partial charge in [-0.1, -0.05) is 36.4 Å². The van der Waals surface area contributed by atoms with Crippen molar-refractivity contribution in [3.05, 3.63) is 84.4 Å². The fourth-order valence-electron chi connectivity index (χ4n) is 3.56. The number of rotatable bonds is 14. The van der Waals surface area contributed by atoms with Crippen LogP contribution < -0.4 is 14.8 Å². The minimum Gasteiger partial charge on any atom is -0.491 e. The highest BCUT2D eigenvalue weighted by molar-refractivity contribution is 7.98. The number of anilines is 1. The number of carbonyl (C=O) groups is 2. The van der Waals surface area contributed by atoms with Crippen LogP contribution in [0.4, 0.5) is 10.5 Å². The van der Waals surface area contributed by atoms with Crippen LogP contribution in [0.2, 0.25) is 0 Å². The van der Waals surface area contributed by atoms with Gasteiger partial charge in [0.1, 0.15) is 24.2 Å². The molecule has 202 valence electrons. The molecule has 0 aliphatic carbocycles. The lowest BCUT2D eigenvalue weighted by Crippen LogP contribution is -2.32. The Morgan fingerprint density at radius 2 is 1.68 bits per heavy atom. The van der Waals surface area contributed by atoms with Gasteiger partial charge in [0.2, 0.25) is 0 Å². The predicted molar refractivity (Wildman–Crippen MR) is 150 cm³/mol. The smallest absolute Gasteiger partial charge is 0.412 e. The predicted octanol–water partition coefficient (Wildman–Crippen LogP) is 5.38. The summed E-state index contributed by atoms with van der Waals surface area (Å²) in [5.74, 6) is 0.452. The van der Waals surface area contributed by atoms with Crippen LogP contribution in [-0.2, 0) is 14.3 Å². The lowest BCUT2D eigenvalue weighted by Gasteiger charge is -2.29. The van der Waals surface area contributed by atoms with Gasteiger partial charge in [0.25, 0.3) is 0 Å². The number of benzene rings is 3. The number of amides is 1. The van der Waals surface area contributed by atoms with Crippen molar-refractivity contribution in [3.63, 3.8) is 0 Å². The van der Waals surface area contributed by atoms with Gasteiger partial charge in [-0.05, 0) is 48.7 Å². The van der Waals surface area contributed by atoms with Crippen molar-refractivity contribution in [1.29, 1.82) is 0 Å². The summed E-state index contributed by atoms with van der Waals surface area (Å²) in [6, 6.07) is 23.5. The molecule has 0 aliphatic heterocycles. The average molecular weight is 558 g/mol. The van der Waals surface area contributed by atoms with Gasteiger partial charge in [0, 0.05) is 22.6 Å². The summed E-state index contributed by atoms with van der Waals surface area (Å²) in [7, 11) is 0. The first-order chi connectivity index (χ1) is 18.5. The molecule has 38 heavy (non-hydrogen) atoms. The Morgan fingerprint density at radius 1 is 0.974 bits per heavy atom. The third-order valence-electron chi connectivity index (χ3n) is 5.31. The second-order valence-electron chi connectivity index (χ2n) is 7.93. The molecule has 0 radical (unpaired) electrons. The van der Waals surface area contributed by atoms with E-state index in [-0.39, 0.29) is 32.0 Å². The van der Waals surface area contributed by atoms with Crippen molar-refractivity contribution in [2.24, 2.45) is 0 Å². The zero-order chi connectivity index (χ0) is 27.2. The molecule has 0 saturated carbocycles. The maximum absolute atomic E-state index is 13.1. The SMILES string of the molecule is CSc1ccc(NC(=O)O[C@H](c2ccccc2OCCO)[C@@H](CCOC(=O)CS)Oc2ccccc2)cc1. The minimum absolute atomic E-state index is 0.0220. The second kappa shape index (κ2) is 15.8. The van der Waals surface area contributed by atoms with Gasteiger partial charge in [-0.15, -0.1) is 11.8 Å². The highest BCUT2D eigenvalue weighted by Gasteiger charge is 2.32. The fourth-order valence-corrected chi connectivity index (χ4v) is 4.06. The summed E-state index contributed by atoms with van der Waals surface area (Å²) in [6.45, 7) is -0.105. The maximum Gasteiger partial charge on any atom is 0.412 e. The van der Waals surface area contributed by atoms with Gasteiger partial charge in [-0.3, -0.25) is 10.1 Å². The van der Waals surface area contributed by atoms with Crippen LogP contribution in [0, 0.1) is 0 Å². The summed E-state index contributed by atoms with van der Waals surface area (Å²) >= 11 is 5.54. The van der Waals surface area contributed by atoms with Crippen molar-refractivity contribution in [3.8, 4) is 11.5 Å². The van der Waals surface area contributed by atoms with Crippen molar-refractivity contribution in [2.45, 2.75) is 23.5 Å². The number of thioether (sulfide) groups is 1. The first-order valence-corrected chi connectivity index (χ1v) is 13.8. The topological polar surface area (TPSA) is 103 Å². The quantitative estimate of drug-likeness (QED) is 0.138. The first kappa shape index (κ1) is 29.2. The first-order valence-electron chi connectivity index (χ1n) is 12.0. The zero-order valence-corrected chi connectivity index (χ0v) is 22.7. The normalized spacial score (nSPS) is 12.2. The molecule has 0 aliphatic rings. The van der Waals surface area contributed by atoms with Crippen LogP contribution >= 0.6 is 24.4 Å². The van der Waals surface area contributed by atoms with E-state index in [1.807, 2.05) is 36.6 Å². The fraction of sp³-hybridized carbons (Fsp3) is 0.286. The van der Waals surface area contributed by atoms with E-state index in [9.17, 15) is 14.7 Å². The van der Waals surface area contributed by atoms with Gasteiger partial charge in [-0.25, -0.2) is 4.79 Å². The highest BCUT2D eigenvalue weighted by Crippen LogP contribution is 2.34. The van der Waals surface area contributed by atoms with Crippen LogP contribution in [0.3, 0.4) is 0 Å². The summed E-state index contributed by atoms with van der Waals surface area (Å²) in [6.07, 6.45) is -0.224. The number of thiol groups is 1.